The SMILES string of the molecule is FC(F)Oc1ccc(CNCc2ccc(OCC(F)(F)F)cc2)cc1. The van der Waals surface area contributed by atoms with E-state index >= 15 is 0 Å². The highest BCUT2D eigenvalue weighted by Gasteiger charge is 2.28. The van der Waals surface area contributed by atoms with Crippen LogP contribution < -0.4 is 14.8 Å². The van der Waals surface area contributed by atoms with Gasteiger partial charge in [-0.05, 0) is 35.4 Å². The summed E-state index contributed by atoms with van der Waals surface area (Å²) in [5.41, 5.74) is 1.75. The first kappa shape index (κ1) is 19.0. The average molecular weight is 361 g/mol. The Labute approximate surface area is 141 Å². The van der Waals surface area contributed by atoms with Gasteiger partial charge in [-0.25, -0.2) is 0 Å². The van der Waals surface area contributed by atoms with Crippen molar-refractivity contribution in [1.29, 1.82) is 0 Å². The van der Waals surface area contributed by atoms with Crippen molar-refractivity contribution in [2.24, 2.45) is 0 Å². The zero-order chi connectivity index (χ0) is 18.3. The molecule has 8 heteroatoms. The highest BCUT2D eigenvalue weighted by atomic mass is 19.4. The maximum atomic E-state index is 12.1. The van der Waals surface area contributed by atoms with E-state index in [1.54, 1.807) is 24.3 Å². The van der Waals surface area contributed by atoms with Crippen LogP contribution in [0.1, 0.15) is 11.1 Å². The zero-order valence-electron chi connectivity index (χ0n) is 13.0. The van der Waals surface area contributed by atoms with Crippen LogP contribution in [0.5, 0.6) is 11.5 Å². The van der Waals surface area contributed by atoms with E-state index in [0.29, 0.717) is 13.1 Å². The molecule has 0 aromatic heterocycles. The van der Waals surface area contributed by atoms with Crippen LogP contribution in [0.4, 0.5) is 22.0 Å². The standard InChI is InChI=1S/C17H16F5NO2/c18-16(19)25-15-7-3-13(4-8-15)10-23-9-12-1-5-14(6-2-12)24-11-17(20,21)22/h1-8,16,23H,9-11H2. The second-order valence-electron chi connectivity index (χ2n) is 5.17. The van der Waals surface area contributed by atoms with Crippen LogP contribution in [0.25, 0.3) is 0 Å². The van der Waals surface area contributed by atoms with Crippen LogP contribution in [-0.2, 0) is 13.1 Å². The van der Waals surface area contributed by atoms with E-state index < -0.39 is 19.4 Å². The number of ether oxygens (including phenoxy) is 2. The van der Waals surface area contributed by atoms with Gasteiger partial charge in [0.2, 0.25) is 0 Å². The minimum Gasteiger partial charge on any atom is -0.484 e. The molecule has 0 fully saturated rings. The zero-order valence-corrected chi connectivity index (χ0v) is 13.0. The Kier molecular flexibility index (Phi) is 6.58. The van der Waals surface area contributed by atoms with Crippen molar-refractivity contribution in [3.05, 3.63) is 59.7 Å². The predicted octanol–water partition coefficient (Wildman–Crippen LogP) is 4.52. The Hall–Kier alpha value is -2.35. The molecule has 0 amide bonds. The van der Waals surface area contributed by atoms with Crippen LogP contribution in [-0.4, -0.2) is 19.4 Å². The third-order valence-electron chi connectivity index (χ3n) is 3.13. The predicted molar refractivity (Wildman–Crippen MR) is 81.6 cm³/mol. The molecule has 1 N–H and O–H groups in total. The summed E-state index contributed by atoms with van der Waals surface area (Å²) >= 11 is 0. The number of hydrogen-bond donors (Lipinski definition) is 1. The summed E-state index contributed by atoms with van der Waals surface area (Å²) in [7, 11) is 0. The Morgan fingerprint density at radius 3 is 1.72 bits per heavy atom. The fourth-order valence-corrected chi connectivity index (χ4v) is 2.01. The number of alkyl halides is 5. The second kappa shape index (κ2) is 8.66. The average Bonchev–Trinajstić information content (AvgIpc) is 2.54. The van der Waals surface area contributed by atoms with E-state index in [9.17, 15) is 22.0 Å². The maximum Gasteiger partial charge on any atom is 0.422 e. The first-order valence-electron chi connectivity index (χ1n) is 7.35. The van der Waals surface area contributed by atoms with Crippen molar-refractivity contribution < 1.29 is 31.4 Å². The Bertz CT molecular complexity index is 642. The van der Waals surface area contributed by atoms with Crippen LogP contribution in [0, 0.1) is 0 Å². The van der Waals surface area contributed by atoms with Gasteiger partial charge in [-0.15, -0.1) is 0 Å². The Morgan fingerprint density at radius 2 is 1.28 bits per heavy atom. The first-order valence-corrected chi connectivity index (χ1v) is 7.35. The van der Waals surface area contributed by atoms with Crippen molar-refractivity contribution in [1.82, 2.24) is 5.32 Å². The van der Waals surface area contributed by atoms with Crippen LogP contribution in [0.3, 0.4) is 0 Å². The molecule has 0 spiro atoms. The van der Waals surface area contributed by atoms with Crippen molar-refractivity contribution in [3.8, 4) is 11.5 Å². The van der Waals surface area contributed by atoms with Gasteiger partial charge >= 0.3 is 12.8 Å². The summed E-state index contributed by atoms with van der Waals surface area (Å²) in [5.74, 6) is 0.240. The van der Waals surface area contributed by atoms with Crippen molar-refractivity contribution in [2.75, 3.05) is 6.61 Å². The first-order chi connectivity index (χ1) is 11.8. The molecule has 3 nitrogen and oxygen atoms in total. The van der Waals surface area contributed by atoms with Crippen molar-refractivity contribution >= 4 is 0 Å². The summed E-state index contributed by atoms with van der Waals surface area (Å²) < 4.78 is 69.1. The molecule has 0 saturated heterocycles. The van der Waals surface area contributed by atoms with Gasteiger partial charge in [0.15, 0.2) is 6.61 Å². The molecule has 136 valence electrons. The largest absolute Gasteiger partial charge is 0.484 e. The van der Waals surface area contributed by atoms with Crippen LogP contribution in [0.2, 0.25) is 0 Å². The molecule has 25 heavy (non-hydrogen) atoms. The fourth-order valence-electron chi connectivity index (χ4n) is 2.01. The molecule has 0 aliphatic carbocycles. The van der Waals surface area contributed by atoms with Gasteiger partial charge < -0.3 is 14.8 Å². The quantitative estimate of drug-likeness (QED) is 0.702. The molecule has 2 aromatic rings. The molecule has 0 aliphatic heterocycles. The lowest BCUT2D eigenvalue weighted by molar-refractivity contribution is -0.153. The highest BCUT2D eigenvalue weighted by molar-refractivity contribution is 5.28. The molecular weight excluding hydrogens is 345 g/mol. The van der Waals surface area contributed by atoms with Crippen molar-refractivity contribution in [3.63, 3.8) is 0 Å². The molecule has 0 saturated carbocycles. The number of benzene rings is 2. The maximum absolute atomic E-state index is 12.1. The summed E-state index contributed by atoms with van der Waals surface area (Å²) in [6.07, 6.45) is -4.36. The lowest BCUT2D eigenvalue weighted by Gasteiger charge is -2.10. The van der Waals surface area contributed by atoms with Gasteiger partial charge in [-0.1, -0.05) is 24.3 Å². The molecule has 0 bridgehead atoms. The molecule has 0 aliphatic rings. The van der Waals surface area contributed by atoms with Gasteiger partial charge in [0.05, 0.1) is 0 Å². The Balaban J connectivity index is 1.76. The molecule has 0 unspecified atom stereocenters. The number of halogens is 5. The van der Waals surface area contributed by atoms with Gasteiger partial charge in [0.25, 0.3) is 0 Å². The number of nitrogens with one attached hydrogen (secondary N) is 1. The summed E-state index contributed by atoms with van der Waals surface area (Å²) in [5, 5.41) is 3.14. The van der Waals surface area contributed by atoms with Crippen LogP contribution >= 0.6 is 0 Å². The van der Waals surface area contributed by atoms with Gasteiger partial charge in [0.1, 0.15) is 11.5 Å². The van der Waals surface area contributed by atoms with E-state index in [4.69, 9.17) is 0 Å². The van der Waals surface area contributed by atoms with E-state index in [1.807, 2.05) is 0 Å². The lowest BCUT2D eigenvalue weighted by atomic mass is 10.2. The highest BCUT2D eigenvalue weighted by Crippen LogP contribution is 2.19. The summed E-state index contributed by atoms with van der Waals surface area (Å²) in [4.78, 5) is 0. The topological polar surface area (TPSA) is 30.5 Å². The van der Waals surface area contributed by atoms with E-state index in [1.165, 1.54) is 24.3 Å². The normalized spacial score (nSPS) is 11.6. The summed E-state index contributed by atoms with van der Waals surface area (Å²) in [6.45, 7) is -3.18. The third-order valence-corrected chi connectivity index (χ3v) is 3.13. The summed E-state index contributed by atoms with van der Waals surface area (Å²) in [6, 6.07) is 12.5. The van der Waals surface area contributed by atoms with Crippen LogP contribution in [0.15, 0.2) is 48.5 Å². The minimum absolute atomic E-state index is 0.0909. The molecule has 2 rings (SSSR count). The number of rotatable bonds is 8. The molecular formula is C17H16F5NO2. The lowest BCUT2D eigenvalue weighted by Crippen LogP contribution is -2.19. The van der Waals surface area contributed by atoms with Gasteiger partial charge in [0, 0.05) is 13.1 Å². The molecule has 0 atom stereocenters. The van der Waals surface area contributed by atoms with Crippen molar-refractivity contribution in [2.45, 2.75) is 25.9 Å². The van der Waals surface area contributed by atoms with E-state index in [2.05, 4.69) is 14.8 Å². The monoisotopic (exact) mass is 361 g/mol. The molecule has 0 radical (unpaired) electrons. The molecule has 2 aromatic carbocycles. The molecule has 0 heterocycles. The number of hydrogen-bond acceptors (Lipinski definition) is 3. The Morgan fingerprint density at radius 1 is 0.800 bits per heavy atom. The smallest absolute Gasteiger partial charge is 0.422 e. The second-order valence-corrected chi connectivity index (χ2v) is 5.17. The van der Waals surface area contributed by atoms with E-state index in [0.717, 1.165) is 11.1 Å². The van der Waals surface area contributed by atoms with Gasteiger partial charge in [-0.3, -0.25) is 0 Å². The third kappa shape index (κ3) is 7.38. The van der Waals surface area contributed by atoms with E-state index in [-0.39, 0.29) is 11.5 Å². The minimum atomic E-state index is -4.36. The van der Waals surface area contributed by atoms with Gasteiger partial charge in [-0.2, -0.15) is 22.0 Å². The fraction of sp³-hybridized carbons (Fsp3) is 0.294.